The molecular formula is C12H16N4O3S. The minimum atomic E-state index is -3.48. The van der Waals surface area contributed by atoms with Crippen molar-refractivity contribution in [2.24, 2.45) is 0 Å². The quantitative estimate of drug-likeness (QED) is 0.816. The van der Waals surface area contributed by atoms with Crippen LogP contribution in [0.25, 0.3) is 0 Å². The molecule has 2 aromatic rings. The van der Waals surface area contributed by atoms with E-state index in [0.717, 1.165) is 6.42 Å². The first kappa shape index (κ1) is 14.3. The zero-order valence-corrected chi connectivity index (χ0v) is 11.9. The van der Waals surface area contributed by atoms with Crippen LogP contribution in [-0.4, -0.2) is 35.7 Å². The van der Waals surface area contributed by atoms with Crippen LogP contribution in [0, 0.1) is 0 Å². The van der Waals surface area contributed by atoms with Crippen molar-refractivity contribution in [2.45, 2.75) is 13.3 Å². The second-order valence-corrected chi connectivity index (χ2v) is 5.95. The topological polar surface area (TPSA) is 86.1 Å². The Hall–Kier alpha value is -2.09. The molecular weight excluding hydrogens is 280 g/mol. The molecule has 0 saturated carbocycles. The van der Waals surface area contributed by atoms with Gasteiger partial charge < -0.3 is 4.74 Å². The van der Waals surface area contributed by atoms with E-state index in [1.807, 2.05) is 24.3 Å². The Morgan fingerprint density at radius 1 is 1.20 bits per heavy atom. The Labute approximate surface area is 117 Å². The van der Waals surface area contributed by atoms with Gasteiger partial charge in [0.15, 0.2) is 0 Å². The molecule has 0 atom stereocenters. The molecule has 1 heterocycles. The molecule has 0 aliphatic rings. The van der Waals surface area contributed by atoms with E-state index in [1.54, 1.807) is 0 Å². The minimum absolute atomic E-state index is 0.0724. The van der Waals surface area contributed by atoms with Gasteiger partial charge in [0, 0.05) is 0 Å². The Kier molecular flexibility index (Phi) is 4.57. The highest BCUT2D eigenvalue weighted by atomic mass is 32.2. The van der Waals surface area contributed by atoms with Crippen molar-refractivity contribution >= 4 is 10.0 Å². The van der Waals surface area contributed by atoms with Gasteiger partial charge in [0.2, 0.25) is 10.0 Å². The first-order chi connectivity index (χ1) is 9.59. The highest BCUT2D eigenvalue weighted by Gasteiger charge is 2.10. The zero-order valence-electron chi connectivity index (χ0n) is 11.1. The van der Waals surface area contributed by atoms with Crippen molar-refractivity contribution in [3.63, 3.8) is 0 Å². The molecule has 108 valence electrons. The molecule has 1 N–H and O–H groups in total. The van der Waals surface area contributed by atoms with Gasteiger partial charge in [-0.05, 0) is 24.1 Å². The maximum Gasteiger partial charge on any atom is 0.249 e. The second kappa shape index (κ2) is 6.38. The van der Waals surface area contributed by atoms with Crippen molar-refractivity contribution < 1.29 is 13.2 Å². The average Bonchev–Trinajstić information content (AvgIpc) is 2.91. The number of aryl methyl sites for hydroxylation is 1. The molecule has 7 nitrogen and oxygen atoms in total. The highest BCUT2D eigenvalue weighted by molar-refractivity contribution is 7.92. The predicted octanol–water partition coefficient (Wildman–Crippen LogP) is 0.793. The van der Waals surface area contributed by atoms with Crippen LogP contribution in [0.15, 0.2) is 36.9 Å². The summed E-state index contributed by atoms with van der Waals surface area (Å²) < 4.78 is 30.0. The smallest absolute Gasteiger partial charge is 0.249 e. The largest absolute Gasteiger partial charge is 0.492 e. The van der Waals surface area contributed by atoms with Gasteiger partial charge in [-0.15, -0.1) is 10.2 Å². The number of nitrogens with one attached hydrogen (secondary N) is 1. The molecule has 8 heteroatoms. The van der Waals surface area contributed by atoms with Crippen LogP contribution in [0.5, 0.6) is 5.75 Å². The summed E-state index contributed by atoms with van der Waals surface area (Å²) >= 11 is 0. The van der Waals surface area contributed by atoms with Crippen LogP contribution < -0.4 is 9.57 Å². The van der Waals surface area contributed by atoms with Gasteiger partial charge >= 0.3 is 0 Å². The first-order valence-corrected chi connectivity index (χ1v) is 7.81. The predicted molar refractivity (Wildman–Crippen MR) is 74.5 cm³/mol. The lowest BCUT2D eigenvalue weighted by Gasteiger charge is -2.09. The number of hydrogen-bond donors (Lipinski definition) is 1. The van der Waals surface area contributed by atoms with Gasteiger partial charge in [0.1, 0.15) is 30.8 Å². The monoisotopic (exact) mass is 296 g/mol. The number of rotatable bonds is 7. The lowest BCUT2D eigenvalue weighted by molar-refractivity contribution is 0.341. The summed E-state index contributed by atoms with van der Waals surface area (Å²) in [7, 11) is -3.48. The SMILES string of the molecule is CCc1ccc(OCCS(=O)(=O)Nn2cnnc2)cc1. The maximum absolute atomic E-state index is 11.7. The highest BCUT2D eigenvalue weighted by Crippen LogP contribution is 2.12. The molecule has 0 spiro atoms. The fourth-order valence-corrected chi connectivity index (χ4v) is 2.35. The number of aromatic nitrogens is 3. The maximum atomic E-state index is 11.7. The standard InChI is InChI=1S/C12H16N4O3S/c1-2-11-3-5-12(6-4-11)19-7-8-20(17,18)15-16-9-13-14-10-16/h3-6,9-10,15H,2,7-8H2,1H3. The summed E-state index contributed by atoms with van der Waals surface area (Å²) in [5.74, 6) is 0.502. The van der Waals surface area contributed by atoms with E-state index in [0.29, 0.717) is 5.75 Å². The average molecular weight is 296 g/mol. The van der Waals surface area contributed by atoms with E-state index in [1.165, 1.54) is 22.9 Å². The van der Waals surface area contributed by atoms with E-state index < -0.39 is 10.0 Å². The number of ether oxygens (including phenoxy) is 1. The van der Waals surface area contributed by atoms with Crippen LogP contribution in [0.3, 0.4) is 0 Å². The van der Waals surface area contributed by atoms with Crippen molar-refractivity contribution in [3.05, 3.63) is 42.5 Å². The number of sulfonamides is 1. The molecule has 1 aromatic heterocycles. The van der Waals surface area contributed by atoms with Crippen molar-refractivity contribution in [1.82, 2.24) is 14.9 Å². The first-order valence-electron chi connectivity index (χ1n) is 6.16. The van der Waals surface area contributed by atoms with Crippen LogP contribution >= 0.6 is 0 Å². The third-order valence-corrected chi connectivity index (χ3v) is 3.81. The molecule has 0 aliphatic carbocycles. The lowest BCUT2D eigenvalue weighted by Crippen LogP contribution is -2.27. The Bertz CT molecular complexity index is 623. The minimum Gasteiger partial charge on any atom is -0.492 e. The molecule has 0 bridgehead atoms. The Morgan fingerprint density at radius 2 is 1.85 bits per heavy atom. The lowest BCUT2D eigenvalue weighted by atomic mass is 10.2. The molecule has 0 unspecified atom stereocenters. The van der Waals surface area contributed by atoms with Crippen LogP contribution in [0.4, 0.5) is 0 Å². The Balaban J connectivity index is 1.82. The molecule has 2 rings (SSSR count). The van der Waals surface area contributed by atoms with E-state index in [9.17, 15) is 8.42 Å². The molecule has 1 aromatic carbocycles. The van der Waals surface area contributed by atoms with Crippen molar-refractivity contribution in [3.8, 4) is 5.75 Å². The van der Waals surface area contributed by atoms with Gasteiger partial charge in [-0.2, -0.15) is 0 Å². The summed E-state index contributed by atoms with van der Waals surface area (Å²) in [5, 5.41) is 7.01. The number of nitrogens with zero attached hydrogens (tertiary/aromatic N) is 3. The van der Waals surface area contributed by atoms with Crippen molar-refractivity contribution in [2.75, 3.05) is 17.2 Å². The van der Waals surface area contributed by atoms with Gasteiger partial charge in [0.05, 0.1) is 0 Å². The molecule has 0 fully saturated rings. The second-order valence-electron chi connectivity index (χ2n) is 4.13. The number of benzene rings is 1. The third kappa shape index (κ3) is 4.23. The molecule has 20 heavy (non-hydrogen) atoms. The summed E-state index contributed by atoms with van der Waals surface area (Å²) in [4.78, 5) is 2.29. The van der Waals surface area contributed by atoms with Crippen LogP contribution in [0.1, 0.15) is 12.5 Å². The van der Waals surface area contributed by atoms with E-state index in [4.69, 9.17) is 4.74 Å². The fourth-order valence-electron chi connectivity index (χ4n) is 1.54. The normalized spacial score (nSPS) is 11.2. The van der Waals surface area contributed by atoms with Gasteiger partial charge in [-0.25, -0.2) is 17.9 Å². The van der Waals surface area contributed by atoms with E-state index in [-0.39, 0.29) is 12.4 Å². The van der Waals surface area contributed by atoms with Gasteiger partial charge in [0.25, 0.3) is 0 Å². The van der Waals surface area contributed by atoms with Crippen LogP contribution in [0.2, 0.25) is 0 Å². The summed E-state index contributed by atoms with van der Waals surface area (Å²) in [6, 6.07) is 7.58. The Morgan fingerprint density at radius 3 is 2.45 bits per heavy atom. The fraction of sp³-hybridized carbons (Fsp3) is 0.333. The molecule has 0 radical (unpaired) electrons. The molecule has 0 aliphatic heterocycles. The summed E-state index contributed by atoms with van der Waals surface area (Å²) in [6.45, 7) is 2.14. The van der Waals surface area contributed by atoms with E-state index in [2.05, 4.69) is 22.0 Å². The van der Waals surface area contributed by atoms with Gasteiger partial charge in [-0.1, -0.05) is 19.1 Å². The summed E-state index contributed by atoms with van der Waals surface area (Å²) in [5.41, 5.74) is 1.21. The third-order valence-electron chi connectivity index (χ3n) is 2.62. The van der Waals surface area contributed by atoms with Crippen molar-refractivity contribution in [1.29, 1.82) is 0 Å². The zero-order chi connectivity index (χ0) is 14.4. The number of hydrogen-bond acceptors (Lipinski definition) is 5. The molecule has 0 amide bonds. The molecule has 0 saturated heterocycles. The summed E-state index contributed by atoms with van der Waals surface area (Å²) in [6.07, 6.45) is 3.49. The van der Waals surface area contributed by atoms with E-state index >= 15 is 0 Å². The van der Waals surface area contributed by atoms with Crippen LogP contribution in [-0.2, 0) is 16.4 Å². The van der Waals surface area contributed by atoms with Gasteiger partial charge in [-0.3, -0.25) is 0 Å².